The van der Waals surface area contributed by atoms with Gasteiger partial charge >= 0.3 is 0 Å². The maximum atomic E-state index is 12.3. The quantitative estimate of drug-likeness (QED) is 0.869. The van der Waals surface area contributed by atoms with Crippen LogP contribution in [0.25, 0.3) is 0 Å². The first-order chi connectivity index (χ1) is 9.13. The fourth-order valence-electron chi connectivity index (χ4n) is 2.14. The lowest BCUT2D eigenvalue weighted by atomic mass is 9.92. The number of nitrogens with zero attached hydrogens (tertiary/aromatic N) is 1. The van der Waals surface area contributed by atoms with Crippen LogP contribution in [0, 0.1) is 0 Å². The predicted octanol–water partition coefficient (Wildman–Crippen LogP) is 1.81. The fraction of sp³-hybridized carbons (Fsp3) is 0.571. The van der Waals surface area contributed by atoms with E-state index in [1.807, 2.05) is 6.92 Å². The van der Waals surface area contributed by atoms with Crippen molar-refractivity contribution in [2.75, 3.05) is 25.1 Å². The van der Waals surface area contributed by atoms with Crippen LogP contribution in [0.5, 0.6) is 0 Å². The molecule has 1 aromatic heterocycles. The second kappa shape index (κ2) is 6.02. The first kappa shape index (κ1) is 13.8. The molecule has 0 aromatic carbocycles. The molecule has 5 nitrogen and oxygen atoms in total. The SMILES string of the molecule is CCNc1cc(C(=O)NC2(C)CCOCC2)ccn1. The minimum absolute atomic E-state index is 0.0500. The first-order valence-electron chi connectivity index (χ1n) is 6.73. The van der Waals surface area contributed by atoms with Gasteiger partial charge in [0.2, 0.25) is 0 Å². The normalized spacial score (nSPS) is 17.8. The Balaban J connectivity index is 2.04. The van der Waals surface area contributed by atoms with Gasteiger partial charge in [0, 0.05) is 37.1 Å². The van der Waals surface area contributed by atoms with E-state index in [1.165, 1.54) is 0 Å². The van der Waals surface area contributed by atoms with Gasteiger partial charge in [-0.25, -0.2) is 4.98 Å². The minimum Gasteiger partial charge on any atom is -0.381 e. The van der Waals surface area contributed by atoms with Gasteiger partial charge in [0.25, 0.3) is 5.91 Å². The number of amides is 1. The lowest BCUT2D eigenvalue weighted by molar-refractivity contribution is 0.0423. The van der Waals surface area contributed by atoms with E-state index in [2.05, 4.69) is 22.5 Å². The van der Waals surface area contributed by atoms with Crippen LogP contribution in [0.1, 0.15) is 37.0 Å². The van der Waals surface area contributed by atoms with E-state index in [0.717, 1.165) is 25.2 Å². The number of carbonyl (C=O) groups is 1. The van der Waals surface area contributed by atoms with Crippen molar-refractivity contribution in [1.82, 2.24) is 10.3 Å². The molecule has 104 valence electrons. The zero-order valence-corrected chi connectivity index (χ0v) is 11.5. The Bertz CT molecular complexity index is 442. The Morgan fingerprint density at radius 3 is 2.89 bits per heavy atom. The number of carbonyl (C=O) groups excluding carboxylic acids is 1. The summed E-state index contributed by atoms with van der Waals surface area (Å²) in [6.07, 6.45) is 3.35. The zero-order valence-electron chi connectivity index (χ0n) is 11.5. The van der Waals surface area contributed by atoms with Crippen LogP contribution >= 0.6 is 0 Å². The van der Waals surface area contributed by atoms with Gasteiger partial charge in [-0.1, -0.05) is 0 Å². The molecular formula is C14H21N3O2. The number of nitrogens with one attached hydrogen (secondary N) is 2. The molecule has 0 atom stereocenters. The van der Waals surface area contributed by atoms with Crippen molar-refractivity contribution < 1.29 is 9.53 Å². The van der Waals surface area contributed by atoms with E-state index < -0.39 is 0 Å². The molecule has 1 amide bonds. The fourth-order valence-corrected chi connectivity index (χ4v) is 2.14. The summed E-state index contributed by atoms with van der Waals surface area (Å²) >= 11 is 0. The highest BCUT2D eigenvalue weighted by molar-refractivity contribution is 5.95. The van der Waals surface area contributed by atoms with Crippen molar-refractivity contribution >= 4 is 11.7 Å². The van der Waals surface area contributed by atoms with E-state index in [4.69, 9.17) is 4.74 Å². The maximum absolute atomic E-state index is 12.3. The molecule has 1 aromatic rings. The highest BCUT2D eigenvalue weighted by Crippen LogP contribution is 2.20. The highest BCUT2D eigenvalue weighted by Gasteiger charge is 2.29. The summed E-state index contributed by atoms with van der Waals surface area (Å²) < 4.78 is 5.33. The number of aromatic nitrogens is 1. The number of ether oxygens (including phenoxy) is 1. The molecule has 0 spiro atoms. The molecule has 1 saturated heterocycles. The smallest absolute Gasteiger partial charge is 0.251 e. The Morgan fingerprint density at radius 2 is 2.21 bits per heavy atom. The maximum Gasteiger partial charge on any atom is 0.251 e. The molecule has 1 aliphatic rings. The molecule has 19 heavy (non-hydrogen) atoms. The molecule has 2 rings (SSSR count). The summed E-state index contributed by atoms with van der Waals surface area (Å²) in [5.74, 6) is 0.679. The molecule has 0 bridgehead atoms. The third-order valence-electron chi connectivity index (χ3n) is 3.39. The van der Waals surface area contributed by atoms with Crippen molar-refractivity contribution in [2.24, 2.45) is 0 Å². The van der Waals surface area contributed by atoms with Crippen LogP contribution < -0.4 is 10.6 Å². The molecule has 1 fully saturated rings. The van der Waals surface area contributed by atoms with Crippen LogP contribution in [0.15, 0.2) is 18.3 Å². The van der Waals surface area contributed by atoms with Crippen molar-refractivity contribution in [3.8, 4) is 0 Å². The van der Waals surface area contributed by atoms with Crippen molar-refractivity contribution in [3.63, 3.8) is 0 Å². The summed E-state index contributed by atoms with van der Waals surface area (Å²) in [6, 6.07) is 3.51. The van der Waals surface area contributed by atoms with Crippen LogP contribution in [-0.2, 0) is 4.74 Å². The summed E-state index contributed by atoms with van der Waals surface area (Å²) in [6.45, 7) is 6.26. The summed E-state index contributed by atoms with van der Waals surface area (Å²) in [5.41, 5.74) is 0.468. The molecule has 2 N–H and O–H groups in total. The molecule has 2 heterocycles. The van der Waals surface area contributed by atoms with Crippen LogP contribution in [0.2, 0.25) is 0 Å². The van der Waals surface area contributed by atoms with Crippen molar-refractivity contribution in [3.05, 3.63) is 23.9 Å². The third-order valence-corrected chi connectivity index (χ3v) is 3.39. The average Bonchev–Trinajstić information content (AvgIpc) is 2.40. The summed E-state index contributed by atoms with van der Waals surface area (Å²) in [5, 5.41) is 6.21. The molecule has 1 aliphatic heterocycles. The van der Waals surface area contributed by atoms with E-state index in [9.17, 15) is 4.79 Å². The largest absolute Gasteiger partial charge is 0.381 e. The minimum atomic E-state index is -0.170. The van der Waals surface area contributed by atoms with Crippen LogP contribution in [0.3, 0.4) is 0 Å². The number of rotatable bonds is 4. The Kier molecular flexibility index (Phi) is 4.37. The Morgan fingerprint density at radius 1 is 1.47 bits per heavy atom. The van der Waals surface area contributed by atoms with E-state index >= 15 is 0 Å². The van der Waals surface area contributed by atoms with Gasteiger partial charge in [0.1, 0.15) is 5.82 Å². The van der Waals surface area contributed by atoms with Gasteiger partial charge in [-0.15, -0.1) is 0 Å². The summed E-state index contributed by atoms with van der Waals surface area (Å²) in [4.78, 5) is 16.4. The van der Waals surface area contributed by atoms with Crippen LogP contribution in [-0.4, -0.2) is 36.2 Å². The van der Waals surface area contributed by atoms with Gasteiger partial charge < -0.3 is 15.4 Å². The number of hydrogen-bond donors (Lipinski definition) is 2. The highest BCUT2D eigenvalue weighted by atomic mass is 16.5. The van der Waals surface area contributed by atoms with Gasteiger partial charge in [0.05, 0.1) is 0 Å². The van der Waals surface area contributed by atoms with Crippen molar-refractivity contribution in [1.29, 1.82) is 0 Å². The summed E-state index contributed by atoms with van der Waals surface area (Å²) in [7, 11) is 0. The van der Waals surface area contributed by atoms with Gasteiger partial charge in [-0.2, -0.15) is 0 Å². The van der Waals surface area contributed by atoms with E-state index in [0.29, 0.717) is 18.8 Å². The van der Waals surface area contributed by atoms with Gasteiger partial charge in [-0.3, -0.25) is 4.79 Å². The lowest BCUT2D eigenvalue weighted by Crippen LogP contribution is -2.49. The Hall–Kier alpha value is -1.62. The number of anilines is 1. The van der Waals surface area contributed by atoms with Crippen molar-refractivity contribution in [2.45, 2.75) is 32.2 Å². The molecular weight excluding hydrogens is 242 g/mol. The monoisotopic (exact) mass is 263 g/mol. The van der Waals surface area contributed by atoms with Gasteiger partial charge in [0.15, 0.2) is 0 Å². The molecule has 5 heteroatoms. The predicted molar refractivity (Wildman–Crippen MR) is 74.3 cm³/mol. The third kappa shape index (κ3) is 3.67. The van der Waals surface area contributed by atoms with Crippen LogP contribution in [0.4, 0.5) is 5.82 Å². The molecule has 0 aliphatic carbocycles. The molecule has 0 unspecified atom stereocenters. The zero-order chi connectivity index (χ0) is 13.7. The van der Waals surface area contributed by atoms with Gasteiger partial charge in [-0.05, 0) is 38.8 Å². The average molecular weight is 263 g/mol. The second-order valence-electron chi connectivity index (χ2n) is 5.09. The number of hydrogen-bond acceptors (Lipinski definition) is 4. The Labute approximate surface area is 113 Å². The topological polar surface area (TPSA) is 63.2 Å². The van der Waals surface area contributed by atoms with E-state index in [1.54, 1.807) is 18.3 Å². The number of pyridine rings is 1. The first-order valence-corrected chi connectivity index (χ1v) is 6.73. The lowest BCUT2D eigenvalue weighted by Gasteiger charge is -2.34. The molecule has 0 saturated carbocycles. The van der Waals surface area contributed by atoms with E-state index in [-0.39, 0.29) is 11.4 Å². The molecule has 0 radical (unpaired) electrons. The second-order valence-corrected chi connectivity index (χ2v) is 5.09. The standard InChI is InChI=1S/C14H21N3O2/c1-3-15-12-10-11(4-7-16-12)13(18)17-14(2)5-8-19-9-6-14/h4,7,10H,3,5-6,8-9H2,1-2H3,(H,15,16)(H,17,18).